The predicted octanol–water partition coefficient (Wildman–Crippen LogP) is 1.84. The van der Waals surface area contributed by atoms with Crippen molar-refractivity contribution in [3.05, 3.63) is 11.3 Å². The van der Waals surface area contributed by atoms with E-state index in [-0.39, 0.29) is 17.0 Å². The molecule has 0 aromatic heterocycles. The van der Waals surface area contributed by atoms with Crippen molar-refractivity contribution < 1.29 is 19.8 Å². The summed E-state index contributed by atoms with van der Waals surface area (Å²) in [5, 5.41) is 18.7. The first kappa shape index (κ1) is 17.4. The number of aliphatic hydroxyl groups is 1. The Morgan fingerprint density at radius 3 is 2.57 bits per heavy atom. The highest BCUT2D eigenvalue weighted by molar-refractivity contribution is 6.22. The minimum absolute atomic E-state index is 0.0905. The summed E-state index contributed by atoms with van der Waals surface area (Å²) in [6.45, 7) is 5.97. The number of ketones is 1. The average Bonchev–Trinajstić information content (AvgIpc) is 2.31. The fourth-order valence-electron chi connectivity index (χ4n) is 2.46. The molecule has 1 atom stereocenters. The van der Waals surface area contributed by atoms with Crippen molar-refractivity contribution in [2.24, 2.45) is 16.1 Å². The van der Waals surface area contributed by atoms with Crippen molar-refractivity contribution in [2.75, 3.05) is 6.54 Å². The number of aliphatic carboxylic acids is 1. The largest absolute Gasteiger partial charge is 0.511 e. The number of aliphatic hydroxyl groups excluding tert-OH is 1. The van der Waals surface area contributed by atoms with E-state index in [0.717, 1.165) is 0 Å². The number of allylic oxidation sites excluding steroid dienone is 2. The van der Waals surface area contributed by atoms with Gasteiger partial charge in [-0.05, 0) is 25.2 Å². The van der Waals surface area contributed by atoms with Gasteiger partial charge >= 0.3 is 5.97 Å². The number of rotatable bonds is 6. The van der Waals surface area contributed by atoms with Gasteiger partial charge in [0.05, 0.1) is 5.57 Å². The monoisotopic (exact) mass is 296 g/mol. The number of carboxylic acid groups (broad SMARTS) is 1. The lowest BCUT2D eigenvalue weighted by Gasteiger charge is -2.29. The van der Waals surface area contributed by atoms with Crippen LogP contribution in [-0.2, 0) is 9.59 Å². The number of carbonyl (C=O) groups excluding carboxylic acids is 1. The molecule has 0 spiro atoms. The summed E-state index contributed by atoms with van der Waals surface area (Å²) in [6.07, 6.45) is 1.71. The maximum atomic E-state index is 12.1. The van der Waals surface area contributed by atoms with Crippen LogP contribution in [0, 0.1) is 5.41 Å². The number of Topliss-reactive ketones (excluding diaryl/α,β-unsaturated/α-hetero) is 1. The zero-order chi connectivity index (χ0) is 16.2. The maximum absolute atomic E-state index is 12.1. The lowest BCUT2D eigenvalue weighted by Crippen LogP contribution is -2.30. The number of nitrogens with two attached hydrogens (primary N) is 1. The zero-order valence-electron chi connectivity index (χ0n) is 12.8. The molecule has 1 aliphatic rings. The number of nitrogens with zero attached hydrogens (tertiary/aromatic N) is 1. The molecule has 0 bridgehead atoms. The smallest absolute Gasteiger partial charge is 0.320 e. The van der Waals surface area contributed by atoms with E-state index < -0.39 is 12.0 Å². The molecule has 21 heavy (non-hydrogen) atoms. The minimum atomic E-state index is -1.03. The number of hydrogen-bond acceptors (Lipinski definition) is 5. The van der Waals surface area contributed by atoms with E-state index in [1.165, 1.54) is 0 Å². The molecule has 1 rings (SSSR count). The minimum Gasteiger partial charge on any atom is -0.511 e. The first-order valence-corrected chi connectivity index (χ1v) is 7.09. The van der Waals surface area contributed by atoms with Gasteiger partial charge in [-0.2, -0.15) is 0 Å². The third-order valence-electron chi connectivity index (χ3n) is 3.55. The molecule has 4 N–H and O–H groups in total. The Morgan fingerprint density at radius 2 is 2.05 bits per heavy atom. The molecule has 6 heteroatoms. The van der Waals surface area contributed by atoms with Gasteiger partial charge in [0.15, 0.2) is 5.78 Å². The van der Waals surface area contributed by atoms with Gasteiger partial charge in [-0.15, -0.1) is 0 Å². The Morgan fingerprint density at radius 1 is 1.43 bits per heavy atom. The molecular formula is C15H24N2O4. The van der Waals surface area contributed by atoms with E-state index in [9.17, 15) is 14.7 Å². The van der Waals surface area contributed by atoms with Gasteiger partial charge in [-0.1, -0.05) is 13.8 Å². The average molecular weight is 296 g/mol. The topological polar surface area (TPSA) is 113 Å². The molecule has 0 aliphatic heterocycles. The van der Waals surface area contributed by atoms with Gasteiger partial charge in [0.25, 0.3) is 0 Å². The van der Waals surface area contributed by atoms with Crippen molar-refractivity contribution in [2.45, 2.75) is 52.5 Å². The van der Waals surface area contributed by atoms with E-state index in [0.29, 0.717) is 43.5 Å². The van der Waals surface area contributed by atoms with Crippen molar-refractivity contribution in [1.29, 1.82) is 0 Å². The summed E-state index contributed by atoms with van der Waals surface area (Å²) in [5.74, 6) is -1.02. The lowest BCUT2D eigenvalue weighted by atomic mass is 9.76. The molecule has 0 amide bonds. The molecule has 0 aromatic carbocycles. The van der Waals surface area contributed by atoms with Crippen LogP contribution in [0.2, 0.25) is 0 Å². The fraction of sp³-hybridized carbons (Fsp3) is 0.667. The molecule has 0 fully saturated rings. The summed E-state index contributed by atoms with van der Waals surface area (Å²) >= 11 is 0. The van der Waals surface area contributed by atoms with Crippen LogP contribution in [0.4, 0.5) is 0 Å². The normalized spacial score (nSPS) is 20.6. The Hall–Kier alpha value is -1.69. The highest BCUT2D eigenvalue weighted by atomic mass is 16.4. The molecule has 6 nitrogen and oxygen atoms in total. The summed E-state index contributed by atoms with van der Waals surface area (Å²) in [7, 11) is 0. The van der Waals surface area contributed by atoms with E-state index >= 15 is 0 Å². The van der Waals surface area contributed by atoms with Crippen molar-refractivity contribution in [3.63, 3.8) is 0 Å². The summed E-state index contributed by atoms with van der Waals surface area (Å²) in [5.41, 5.74) is 6.00. The molecule has 0 radical (unpaired) electrons. The maximum Gasteiger partial charge on any atom is 0.320 e. The Labute approximate surface area is 124 Å². The van der Waals surface area contributed by atoms with Crippen LogP contribution in [-0.4, -0.2) is 40.3 Å². The molecule has 0 saturated heterocycles. The number of carboxylic acids is 1. The lowest BCUT2D eigenvalue weighted by molar-refractivity contribution is -0.138. The summed E-state index contributed by atoms with van der Waals surface area (Å²) < 4.78 is 0. The van der Waals surface area contributed by atoms with Crippen LogP contribution >= 0.6 is 0 Å². The molecule has 0 heterocycles. The number of hydrogen-bond donors (Lipinski definition) is 3. The van der Waals surface area contributed by atoms with Crippen LogP contribution in [0.15, 0.2) is 16.3 Å². The third-order valence-corrected chi connectivity index (χ3v) is 3.55. The molecule has 0 aromatic rings. The second-order valence-corrected chi connectivity index (χ2v) is 6.32. The van der Waals surface area contributed by atoms with Gasteiger partial charge in [-0.3, -0.25) is 14.6 Å². The van der Waals surface area contributed by atoms with Gasteiger partial charge in [0, 0.05) is 25.1 Å². The quantitative estimate of drug-likeness (QED) is 0.511. The van der Waals surface area contributed by atoms with Crippen LogP contribution in [0.25, 0.3) is 0 Å². The first-order chi connectivity index (χ1) is 9.64. The van der Waals surface area contributed by atoms with Gasteiger partial charge in [0.2, 0.25) is 0 Å². The van der Waals surface area contributed by atoms with Gasteiger partial charge < -0.3 is 15.9 Å². The standard InChI is InChI=1S/C15H24N2O4/c1-9(17-6-4-5-10(16)14(20)21)13-11(18)7-15(2,3)8-12(13)19/h10,18H,4-8,16H2,1-3H3,(H,20,21)/t10-/m0/s1. The summed E-state index contributed by atoms with van der Waals surface area (Å²) in [4.78, 5) is 26.9. The van der Waals surface area contributed by atoms with Crippen molar-refractivity contribution in [1.82, 2.24) is 0 Å². The van der Waals surface area contributed by atoms with Gasteiger partial charge in [0.1, 0.15) is 11.8 Å². The Kier molecular flexibility index (Phi) is 5.66. The molecule has 0 unspecified atom stereocenters. The second-order valence-electron chi connectivity index (χ2n) is 6.32. The van der Waals surface area contributed by atoms with Crippen LogP contribution in [0.1, 0.15) is 46.5 Å². The SMILES string of the molecule is CC(=NCCC[C@H](N)C(=O)O)C1=C(O)CC(C)(C)CC1=O. The first-order valence-electron chi connectivity index (χ1n) is 7.09. The number of aliphatic imine (C=N–C) groups is 1. The molecule has 0 saturated carbocycles. The predicted molar refractivity (Wildman–Crippen MR) is 80.5 cm³/mol. The van der Waals surface area contributed by atoms with Crippen LogP contribution < -0.4 is 5.73 Å². The van der Waals surface area contributed by atoms with Crippen LogP contribution in [0.3, 0.4) is 0 Å². The number of carbonyl (C=O) groups is 2. The Balaban J connectivity index is 2.66. The molecule has 118 valence electrons. The van der Waals surface area contributed by atoms with E-state index in [2.05, 4.69) is 4.99 Å². The van der Waals surface area contributed by atoms with Crippen molar-refractivity contribution in [3.8, 4) is 0 Å². The molecule has 1 aliphatic carbocycles. The van der Waals surface area contributed by atoms with E-state index in [1.54, 1.807) is 6.92 Å². The highest BCUT2D eigenvalue weighted by Crippen LogP contribution is 2.36. The van der Waals surface area contributed by atoms with E-state index in [4.69, 9.17) is 10.8 Å². The summed E-state index contributed by atoms with van der Waals surface area (Å²) in [6, 6.07) is -0.884. The van der Waals surface area contributed by atoms with Crippen LogP contribution in [0.5, 0.6) is 0 Å². The van der Waals surface area contributed by atoms with E-state index in [1.807, 2.05) is 13.8 Å². The highest BCUT2D eigenvalue weighted by Gasteiger charge is 2.33. The molecular weight excluding hydrogens is 272 g/mol. The second kappa shape index (κ2) is 6.85. The Bertz CT molecular complexity index is 492. The van der Waals surface area contributed by atoms with Gasteiger partial charge in [-0.25, -0.2) is 0 Å². The fourth-order valence-corrected chi connectivity index (χ4v) is 2.46. The zero-order valence-corrected chi connectivity index (χ0v) is 12.8. The van der Waals surface area contributed by atoms with Crippen molar-refractivity contribution >= 4 is 17.5 Å². The third kappa shape index (κ3) is 4.97.